The van der Waals surface area contributed by atoms with Gasteiger partial charge in [0.2, 0.25) is 0 Å². The zero-order valence-electron chi connectivity index (χ0n) is 13.5. The molecule has 0 aromatic carbocycles. The zero-order chi connectivity index (χ0) is 15.3. The molecule has 1 rings (SSSR count). The highest BCUT2D eigenvalue weighted by atomic mass is 16.6. The number of rotatable bonds is 4. The molecule has 1 fully saturated rings. The lowest BCUT2D eigenvalue weighted by molar-refractivity contribution is -0.000982. The Morgan fingerprint density at radius 2 is 2.10 bits per heavy atom. The fourth-order valence-corrected chi connectivity index (χ4v) is 2.65. The summed E-state index contributed by atoms with van der Waals surface area (Å²) in [6.07, 6.45) is 2.47. The van der Waals surface area contributed by atoms with Crippen molar-refractivity contribution in [1.29, 1.82) is 0 Å². The van der Waals surface area contributed by atoms with Crippen molar-refractivity contribution in [2.75, 3.05) is 13.2 Å². The molecule has 1 heterocycles. The van der Waals surface area contributed by atoms with E-state index in [9.17, 15) is 4.79 Å². The Bertz CT molecular complexity index is 307. The van der Waals surface area contributed by atoms with Crippen molar-refractivity contribution in [3.05, 3.63) is 0 Å². The molecule has 118 valence electrons. The molecular weight excluding hydrogens is 256 g/mol. The normalized spacial score (nSPS) is 23.0. The van der Waals surface area contributed by atoms with Crippen molar-refractivity contribution in [1.82, 2.24) is 4.90 Å². The number of carbonyl (C=O) groups excluding carboxylic acids is 1. The van der Waals surface area contributed by atoms with E-state index < -0.39 is 5.60 Å². The maximum atomic E-state index is 12.3. The minimum absolute atomic E-state index is 0.0524. The third-order valence-corrected chi connectivity index (χ3v) is 3.45. The largest absolute Gasteiger partial charge is 0.444 e. The first kappa shape index (κ1) is 17.2. The van der Waals surface area contributed by atoms with E-state index in [0.717, 1.165) is 32.5 Å². The first-order valence-corrected chi connectivity index (χ1v) is 7.55. The van der Waals surface area contributed by atoms with Crippen LogP contribution in [0, 0.1) is 5.92 Å². The summed E-state index contributed by atoms with van der Waals surface area (Å²) >= 11 is 0. The van der Waals surface area contributed by atoms with Gasteiger partial charge in [-0.25, -0.2) is 4.79 Å². The molecule has 0 bridgehead atoms. The molecule has 0 aromatic rings. The van der Waals surface area contributed by atoms with Crippen LogP contribution in [0.5, 0.6) is 0 Å². The Morgan fingerprint density at radius 1 is 1.45 bits per heavy atom. The van der Waals surface area contributed by atoms with Crippen LogP contribution in [0.15, 0.2) is 0 Å². The van der Waals surface area contributed by atoms with E-state index in [1.54, 1.807) is 4.90 Å². The van der Waals surface area contributed by atoms with Gasteiger partial charge in [-0.15, -0.1) is 0 Å². The number of ether oxygens (including phenoxy) is 2. The average Bonchev–Trinajstić information content (AvgIpc) is 2.26. The summed E-state index contributed by atoms with van der Waals surface area (Å²) in [7, 11) is 0. The van der Waals surface area contributed by atoms with Crippen LogP contribution in [0.4, 0.5) is 4.79 Å². The number of nitrogens with two attached hydrogens (primary N) is 1. The van der Waals surface area contributed by atoms with E-state index in [0.29, 0.717) is 5.92 Å². The van der Waals surface area contributed by atoms with E-state index in [1.165, 1.54) is 0 Å². The topological polar surface area (TPSA) is 64.8 Å². The van der Waals surface area contributed by atoms with Gasteiger partial charge in [-0.05, 0) is 59.8 Å². The maximum Gasteiger partial charge on any atom is 0.411 e. The Morgan fingerprint density at radius 3 is 2.55 bits per heavy atom. The predicted molar refractivity (Wildman–Crippen MR) is 79.3 cm³/mol. The molecule has 5 heteroatoms. The Balaban J connectivity index is 2.61. The average molecular weight is 286 g/mol. The van der Waals surface area contributed by atoms with Crippen molar-refractivity contribution in [2.24, 2.45) is 11.7 Å². The summed E-state index contributed by atoms with van der Waals surface area (Å²) in [5.74, 6) is 0.502. The number of carbonyl (C=O) groups is 1. The van der Waals surface area contributed by atoms with E-state index >= 15 is 0 Å². The van der Waals surface area contributed by atoms with Gasteiger partial charge in [0, 0.05) is 19.3 Å². The van der Waals surface area contributed by atoms with E-state index in [2.05, 4.69) is 0 Å². The Kier molecular flexibility index (Phi) is 6.27. The molecule has 0 aromatic heterocycles. The van der Waals surface area contributed by atoms with Crippen molar-refractivity contribution in [2.45, 2.75) is 71.7 Å². The summed E-state index contributed by atoms with van der Waals surface area (Å²) in [6, 6.07) is 0.0524. The number of hydrogen-bond acceptors (Lipinski definition) is 4. The van der Waals surface area contributed by atoms with Crippen LogP contribution in [0.25, 0.3) is 0 Å². The minimum Gasteiger partial charge on any atom is -0.444 e. The standard InChI is InChI=1S/C15H30N2O3/c1-11(9-13-7-6-8-19-10-13)17(12(2)16)14(18)20-15(3,4)5/h11-13H,6-10,16H2,1-5H3. The fraction of sp³-hybridized carbons (Fsp3) is 0.933. The molecule has 1 amide bonds. The second-order valence-electron chi connectivity index (χ2n) is 6.80. The molecule has 0 saturated carbocycles. The molecule has 1 aliphatic heterocycles. The third kappa shape index (κ3) is 5.67. The summed E-state index contributed by atoms with van der Waals surface area (Å²) in [5, 5.41) is 0. The third-order valence-electron chi connectivity index (χ3n) is 3.45. The molecule has 1 aliphatic rings. The second-order valence-corrected chi connectivity index (χ2v) is 6.80. The molecule has 5 nitrogen and oxygen atoms in total. The molecule has 0 radical (unpaired) electrons. The highest BCUT2D eigenvalue weighted by Crippen LogP contribution is 2.23. The number of nitrogens with zero attached hydrogens (tertiary/aromatic N) is 1. The first-order valence-electron chi connectivity index (χ1n) is 7.55. The maximum absolute atomic E-state index is 12.3. The van der Waals surface area contributed by atoms with Crippen molar-refractivity contribution < 1.29 is 14.3 Å². The van der Waals surface area contributed by atoms with Crippen molar-refractivity contribution >= 4 is 6.09 Å². The lowest BCUT2D eigenvalue weighted by Gasteiger charge is -2.36. The summed E-state index contributed by atoms with van der Waals surface area (Å²) < 4.78 is 10.9. The van der Waals surface area contributed by atoms with Crippen molar-refractivity contribution in [3.8, 4) is 0 Å². The van der Waals surface area contributed by atoms with Crippen LogP contribution < -0.4 is 5.73 Å². The summed E-state index contributed by atoms with van der Waals surface area (Å²) in [5.41, 5.74) is 5.45. The van der Waals surface area contributed by atoms with E-state index in [-0.39, 0.29) is 18.3 Å². The van der Waals surface area contributed by atoms with Gasteiger partial charge in [-0.3, -0.25) is 4.90 Å². The summed E-state index contributed by atoms with van der Waals surface area (Å²) in [4.78, 5) is 13.9. The zero-order valence-corrected chi connectivity index (χ0v) is 13.5. The fourth-order valence-electron chi connectivity index (χ4n) is 2.65. The Labute approximate surface area is 122 Å². The predicted octanol–water partition coefficient (Wildman–Crippen LogP) is 2.73. The number of hydrogen-bond donors (Lipinski definition) is 1. The lowest BCUT2D eigenvalue weighted by atomic mass is 9.94. The quantitative estimate of drug-likeness (QED) is 0.807. The molecule has 0 spiro atoms. The monoisotopic (exact) mass is 286 g/mol. The van der Waals surface area contributed by atoms with Crippen LogP contribution in [-0.4, -0.2) is 42.0 Å². The van der Waals surface area contributed by atoms with Crippen LogP contribution in [0.2, 0.25) is 0 Å². The first-order chi connectivity index (χ1) is 9.20. The summed E-state index contributed by atoms with van der Waals surface area (Å²) in [6.45, 7) is 11.1. The molecule has 1 saturated heterocycles. The molecule has 20 heavy (non-hydrogen) atoms. The van der Waals surface area contributed by atoms with Crippen molar-refractivity contribution in [3.63, 3.8) is 0 Å². The molecule has 3 unspecified atom stereocenters. The minimum atomic E-state index is -0.502. The Hall–Kier alpha value is -0.810. The highest BCUT2D eigenvalue weighted by Gasteiger charge is 2.30. The molecule has 2 N–H and O–H groups in total. The highest BCUT2D eigenvalue weighted by molar-refractivity contribution is 5.68. The van der Waals surface area contributed by atoms with Crippen LogP contribution in [0.1, 0.15) is 53.9 Å². The van der Waals surface area contributed by atoms with Gasteiger partial charge >= 0.3 is 6.09 Å². The van der Waals surface area contributed by atoms with Gasteiger partial charge in [0.1, 0.15) is 5.60 Å². The molecule has 3 atom stereocenters. The van der Waals surface area contributed by atoms with E-state index in [4.69, 9.17) is 15.2 Å². The number of amides is 1. The van der Waals surface area contributed by atoms with Crippen LogP contribution in [0.3, 0.4) is 0 Å². The van der Waals surface area contributed by atoms with Crippen LogP contribution >= 0.6 is 0 Å². The van der Waals surface area contributed by atoms with Gasteiger partial charge in [0.15, 0.2) is 0 Å². The SMILES string of the molecule is CC(N)N(C(=O)OC(C)(C)C)C(C)CC1CCCOC1. The van der Waals surface area contributed by atoms with Gasteiger partial charge in [0.25, 0.3) is 0 Å². The van der Waals surface area contributed by atoms with Crippen LogP contribution in [-0.2, 0) is 9.47 Å². The van der Waals surface area contributed by atoms with E-state index in [1.807, 2.05) is 34.6 Å². The van der Waals surface area contributed by atoms with Gasteiger partial charge in [-0.1, -0.05) is 0 Å². The smallest absolute Gasteiger partial charge is 0.411 e. The lowest BCUT2D eigenvalue weighted by Crippen LogP contribution is -2.51. The van der Waals surface area contributed by atoms with Gasteiger partial charge in [0.05, 0.1) is 6.17 Å². The second kappa shape index (κ2) is 7.27. The van der Waals surface area contributed by atoms with Gasteiger partial charge < -0.3 is 15.2 Å². The molecular formula is C15H30N2O3. The molecule has 0 aliphatic carbocycles. The van der Waals surface area contributed by atoms with Gasteiger partial charge in [-0.2, -0.15) is 0 Å².